The molecule has 0 aromatic heterocycles. The number of urea groups is 1. The van der Waals surface area contributed by atoms with Gasteiger partial charge < -0.3 is 16.0 Å². The third-order valence-corrected chi connectivity index (χ3v) is 2.23. The second-order valence-electron chi connectivity index (χ2n) is 3.82. The maximum atomic E-state index is 13.5. The van der Waals surface area contributed by atoms with Gasteiger partial charge in [-0.3, -0.25) is 4.79 Å². The van der Waals surface area contributed by atoms with Crippen LogP contribution >= 0.6 is 0 Å². The highest BCUT2D eigenvalue weighted by Crippen LogP contribution is 2.20. The molecule has 5 nitrogen and oxygen atoms in total. The smallest absolute Gasteiger partial charge is 0.319 e. The highest BCUT2D eigenvalue weighted by molar-refractivity contribution is 5.89. The summed E-state index contributed by atoms with van der Waals surface area (Å²) in [4.78, 5) is 22.0. The number of carbonyl (C=O) groups is 2. The first-order valence-corrected chi connectivity index (χ1v) is 5.69. The molecular weight excluding hydrogens is 268 g/mol. The van der Waals surface area contributed by atoms with Gasteiger partial charge in [0.1, 0.15) is 5.69 Å². The number of rotatable bonds is 4. The lowest BCUT2D eigenvalue weighted by Crippen LogP contribution is -2.36. The molecule has 0 aliphatic heterocycles. The van der Waals surface area contributed by atoms with Crippen molar-refractivity contribution < 1.29 is 18.4 Å². The van der Waals surface area contributed by atoms with Crippen molar-refractivity contribution in [2.45, 2.75) is 6.92 Å². The largest absolute Gasteiger partial charge is 0.355 e. The molecule has 1 aromatic carbocycles. The lowest BCUT2D eigenvalue weighted by molar-refractivity contribution is -0.118. The summed E-state index contributed by atoms with van der Waals surface area (Å²) < 4.78 is 27.0. The number of carbonyl (C=O) groups excluding carboxylic acids is 2. The van der Waals surface area contributed by atoms with E-state index in [0.717, 1.165) is 12.1 Å². The molecule has 0 aliphatic carbocycles. The summed E-state index contributed by atoms with van der Waals surface area (Å²) in [5.41, 5.74) is -0.544. The summed E-state index contributed by atoms with van der Waals surface area (Å²) >= 11 is 0. The molecule has 20 heavy (non-hydrogen) atoms. The van der Waals surface area contributed by atoms with Gasteiger partial charge in [0.05, 0.1) is 0 Å². The molecular formula is C13H13F2N3O2. The Morgan fingerprint density at radius 3 is 2.25 bits per heavy atom. The number of benzene rings is 1. The predicted molar refractivity (Wildman–Crippen MR) is 70.0 cm³/mol. The van der Waals surface area contributed by atoms with Crippen molar-refractivity contribution >= 4 is 17.6 Å². The Kier molecular flexibility index (Phi) is 5.47. The van der Waals surface area contributed by atoms with Crippen molar-refractivity contribution in [1.29, 1.82) is 0 Å². The van der Waals surface area contributed by atoms with Crippen LogP contribution in [-0.4, -0.2) is 25.0 Å². The minimum Gasteiger partial charge on any atom is -0.355 e. The summed E-state index contributed by atoms with van der Waals surface area (Å²) in [7, 11) is 0. The number of nitrogens with one attached hydrogen (secondary N) is 3. The maximum absolute atomic E-state index is 13.5. The van der Waals surface area contributed by atoms with E-state index in [4.69, 9.17) is 6.42 Å². The molecule has 0 atom stereocenters. The van der Waals surface area contributed by atoms with Gasteiger partial charge in [0, 0.05) is 25.6 Å². The van der Waals surface area contributed by atoms with E-state index in [1.54, 1.807) is 0 Å². The van der Waals surface area contributed by atoms with Crippen molar-refractivity contribution in [3.63, 3.8) is 0 Å². The van der Waals surface area contributed by atoms with Crippen LogP contribution < -0.4 is 16.0 Å². The molecule has 0 heterocycles. The highest BCUT2D eigenvalue weighted by atomic mass is 19.1. The summed E-state index contributed by atoms with van der Waals surface area (Å²) in [6.07, 6.45) is 5.03. The van der Waals surface area contributed by atoms with Crippen molar-refractivity contribution in [2.75, 3.05) is 18.4 Å². The van der Waals surface area contributed by atoms with Crippen LogP contribution in [0, 0.1) is 24.0 Å². The molecule has 3 N–H and O–H groups in total. The van der Waals surface area contributed by atoms with E-state index in [1.165, 1.54) is 6.92 Å². The molecule has 0 bridgehead atoms. The number of anilines is 1. The van der Waals surface area contributed by atoms with Gasteiger partial charge in [0.2, 0.25) is 5.91 Å². The van der Waals surface area contributed by atoms with Gasteiger partial charge in [-0.15, -0.1) is 6.42 Å². The van der Waals surface area contributed by atoms with E-state index in [0.29, 0.717) is 0 Å². The fourth-order valence-electron chi connectivity index (χ4n) is 1.35. The molecule has 106 valence electrons. The second-order valence-corrected chi connectivity index (χ2v) is 3.82. The Bertz CT molecular complexity index is 544. The average Bonchev–Trinajstić information content (AvgIpc) is 2.38. The van der Waals surface area contributed by atoms with Crippen molar-refractivity contribution in [3.05, 3.63) is 29.3 Å². The Balaban J connectivity index is 2.58. The molecule has 0 saturated heterocycles. The van der Waals surface area contributed by atoms with Gasteiger partial charge in [0.25, 0.3) is 0 Å². The predicted octanol–water partition coefficient (Wildman–Crippen LogP) is 1.20. The summed E-state index contributed by atoms with van der Waals surface area (Å²) in [6, 6.07) is 1.09. The first kappa shape index (κ1) is 15.4. The van der Waals surface area contributed by atoms with Gasteiger partial charge in [0.15, 0.2) is 11.6 Å². The number of halogens is 2. The Labute approximate surface area is 114 Å². The molecule has 7 heteroatoms. The first-order chi connectivity index (χ1) is 9.43. The van der Waals surface area contributed by atoms with Gasteiger partial charge in [-0.1, -0.05) is 5.92 Å². The van der Waals surface area contributed by atoms with E-state index in [1.807, 2.05) is 5.32 Å². The normalized spacial score (nSPS) is 9.50. The van der Waals surface area contributed by atoms with Crippen LogP contribution in [0.2, 0.25) is 0 Å². The zero-order valence-corrected chi connectivity index (χ0v) is 10.7. The zero-order valence-electron chi connectivity index (χ0n) is 10.7. The molecule has 0 fully saturated rings. The highest BCUT2D eigenvalue weighted by Gasteiger charge is 2.13. The molecule has 0 saturated carbocycles. The molecule has 1 rings (SSSR count). The number of terminal acetylenes is 1. The van der Waals surface area contributed by atoms with Gasteiger partial charge >= 0.3 is 6.03 Å². The van der Waals surface area contributed by atoms with Gasteiger partial charge in [-0.25, -0.2) is 13.6 Å². The first-order valence-electron chi connectivity index (χ1n) is 5.69. The van der Waals surface area contributed by atoms with E-state index in [-0.39, 0.29) is 24.6 Å². The van der Waals surface area contributed by atoms with Crippen LogP contribution in [-0.2, 0) is 4.79 Å². The third kappa shape index (κ3) is 4.57. The summed E-state index contributed by atoms with van der Waals surface area (Å²) in [5, 5.41) is 6.82. The van der Waals surface area contributed by atoms with E-state index < -0.39 is 23.4 Å². The zero-order chi connectivity index (χ0) is 15.1. The molecule has 0 radical (unpaired) electrons. The quantitative estimate of drug-likeness (QED) is 0.573. The monoisotopic (exact) mass is 281 g/mol. The fraction of sp³-hybridized carbons (Fsp3) is 0.231. The van der Waals surface area contributed by atoms with Crippen LogP contribution in [0.3, 0.4) is 0 Å². The Morgan fingerprint density at radius 2 is 1.75 bits per heavy atom. The maximum Gasteiger partial charge on any atom is 0.319 e. The van der Waals surface area contributed by atoms with Crippen LogP contribution in [0.1, 0.15) is 12.5 Å². The standard InChI is InChI=1S/C13H13F2N3O2/c1-3-9-6-10(14)12(11(15)7-9)18-13(20)17-5-4-16-8(2)19/h1,6-7H,4-5H2,2H3,(H,16,19)(H2,17,18,20). The molecule has 1 aromatic rings. The average molecular weight is 281 g/mol. The Hall–Kier alpha value is -2.62. The minimum atomic E-state index is -0.963. The minimum absolute atomic E-state index is 0.0385. The molecule has 0 spiro atoms. The van der Waals surface area contributed by atoms with Crippen LogP contribution in [0.4, 0.5) is 19.3 Å². The van der Waals surface area contributed by atoms with Crippen LogP contribution in [0.5, 0.6) is 0 Å². The summed E-state index contributed by atoms with van der Waals surface area (Å²) in [6.45, 7) is 1.67. The fourth-order valence-corrected chi connectivity index (χ4v) is 1.35. The van der Waals surface area contributed by atoms with Crippen molar-refractivity contribution in [3.8, 4) is 12.3 Å². The molecule has 3 amide bonds. The lowest BCUT2D eigenvalue weighted by Gasteiger charge is -2.10. The van der Waals surface area contributed by atoms with Gasteiger partial charge in [-0.2, -0.15) is 0 Å². The number of amides is 3. The number of hydrogen-bond donors (Lipinski definition) is 3. The van der Waals surface area contributed by atoms with Gasteiger partial charge in [-0.05, 0) is 12.1 Å². The third-order valence-electron chi connectivity index (χ3n) is 2.23. The van der Waals surface area contributed by atoms with Crippen LogP contribution in [0.25, 0.3) is 0 Å². The van der Waals surface area contributed by atoms with E-state index in [9.17, 15) is 18.4 Å². The summed E-state index contributed by atoms with van der Waals surface area (Å²) in [5.74, 6) is -0.0744. The van der Waals surface area contributed by atoms with Crippen LogP contribution in [0.15, 0.2) is 12.1 Å². The SMILES string of the molecule is C#Cc1cc(F)c(NC(=O)NCCNC(C)=O)c(F)c1. The van der Waals surface area contributed by atoms with Crippen molar-refractivity contribution in [2.24, 2.45) is 0 Å². The Morgan fingerprint density at radius 1 is 1.20 bits per heavy atom. The molecule has 0 aliphatic rings. The lowest BCUT2D eigenvalue weighted by atomic mass is 10.2. The van der Waals surface area contributed by atoms with E-state index >= 15 is 0 Å². The topological polar surface area (TPSA) is 70.2 Å². The van der Waals surface area contributed by atoms with E-state index in [2.05, 4.69) is 16.6 Å². The number of hydrogen-bond acceptors (Lipinski definition) is 2. The second kappa shape index (κ2) is 7.09. The molecule has 0 unspecified atom stereocenters. The van der Waals surface area contributed by atoms with Crippen molar-refractivity contribution in [1.82, 2.24) is 10.6 Å².